The van der Waals surface area contributed by atoms with E-state index in [1.165, 1.54) is 16.4 Å². The Hall–Kier alpha value is -1.47. The smallest absolute Gasteiger partial charge is 0.246 e. The zero-order chi connectivity index (χ0) is 18.5. The van der Waals surface area contributed by atoms with Gasteiger partial charge in [-0.15, -0.1) is 12.4 Å². The Kier molecular flexibility index (Phi) is 5.64. The van der Waals surface area contributed by atoms with E-state index >= 15 is 0 Å². The van der Waals surface area contributed by atoms with Gasteiger partial charge in [0.2, 0.25) is 10.0 Å². The number of hydrogen-bond donors (Lipinski definition) is 1. The second kappa shape index (κ2) is 7.51. The van der Waals surface area contributed by atoms with Crippen LogP contribution in [0, 0.1) is 31.5 Å². The lowest BCUT2D eigenvalue weighted by Crippen LogP contribution is -2.35. The molecule has 0 saturated carbocycles. The van der Waals surface area contributed by atoms with Gasteiger partial charge in [0.25, 0.3) is 0 Å². The van der Waals surface area contributed by atoms with Crippen LogP contribution in [-0.2, 0) is 10.0 Å². The largest absolute Gasteiger partial charge is 0.316 e. The van der Waals surface area contributed by atoms with Crippen molar-refractivity contribution in [2.75, 3.05) is 19.6 Å². The van der Waals surface area contributed by atoms with E-state index in [1.54, 1.807) is 13.0 Å². The summed E-state index contributed by atoms with van der Waals surface area (Å²) in [6, 6.07) is 11.9. The number of sulfonamides is 1. The fraction of sp³-hybridized carbons (Fsp3) is 0.400. The molecule has 2 saturated heterocycles. The highest BCUT2D eigenvalue weighted by Gasteiger charge is 2.50. The molecule has 27 heavy (non-hydrogen) atoms. The molecule has 0 aromatic heterocycles. The Balaban J connectivity index is 0.00000210. The van der Waals surface area contributed by atoms with E-state index in [2.05, 4.69) is 5.32 Å². The summed E-state index contributed by atoms with van der Waals surface area (Å²) >= 11 is 0. The summed E-state index contributed by atoms with van der Waals surface area (Å²) in [4.78, 5) is -0.219. The highest BCUT2D eigenvalue weighted by molar-refractivity contribution is 7.89. The Labute approximate surface area is 166 Å². The molecule has 0 radical (unpaired) electrons. The van der Waals surface area contributed by atoms with Crippen molar-refractivity contribution in [3.05, 3.63) is 65.0 Å². The van der Waals surface area contributed by atoms with Gasteiger partial charge in [0, 0.05) is 13.1 Å². The van der Waals surface area contributed by atoms with Gasteiger partial charge in [-0.3, -0.25) is 0 Å². The molecule has 0 unspecified atom stereocenters. The Morgan fingerprint density at radius 2 is 1.85 bits per heavy atom. The topological polar surface area (TPSA) is 49.4 Å². The molecule has 3 atom stereocenters. The molecular formula is C20H24ClFN2O2S. The van der Waals surface area contributed by atoms with Gasteiger partial charge in [0.05, 0.1) is 6.04 Å². The highest BCUT2D eigenvalue weighted by Crippen LogP contribution is 2.46. The molecule has 4 rings (SSSR count). The molecule has 2 aromatic rings. The first-order chi connectivity index (χ1) is 12.4. The number of hydrogen-bond acceptors (Lipinski definition) is 3. The van der Waals surface area contributed by atoms with Crippen LogP contribution in [-0.4, -0.2) is 32.4 Å². The van der Waals surface area contributed by atoms with Crippen LogP contribution >= 0.6 is 12.4 Å². The van der Waals surface area contributed by atoms with Crippen molar-refractivity contribution in [2.24, 2.45) is 11.8 Å². The molecular weight excluding hydrogens is 387 g/mol. The lowest BCUT2D eigenvalue weighted by molar-refractivity contribution is 0.343. The third kappa shape index (κ3) is 3.40. The van der Waals surface area contributed by atoms with Crippen molar-refractivity contribution >= 4 is 22.4 Å². The summed E-state index contributed by atoms with van der Waals surface area (Å²) in [6.07, 6.45) is 0. The lowest BCUT2D eigenvalue weighted by Gasteiger charge is -2.29. The van der Waals surface area contributed by atoms with E-state index in [1.807, 2.05) is 31.2 Å². The molecule has 7 heteroatoms. The van der Waals surface area contributed by atoms with Crippen molar-refractivity contribution in [3.8, 4) is 0 Å². The van der Waals surface area contributed by atoms with E-state index in [9.17, 15) is 12.8 Å². The van der Waals surface area contributed by atoms with E-state index in [-0.39, 0.29) is 35.2 Å². The Morgan fingerprint density at radius 3 is 2.59 bits per heavy atom. The van der Waals surface area contributed by atoms with Gasteiger partial charge >= 0.3 is 0 Å². The number of nitrogens with zero attached hydrogens (tertiary/aromatic N) is 1. The summed E-state index contributed by atoms with van der Waals surface area (Å²) in [5.41, 5.74) is 2.81. The minimum atomic E-state index is -3.92. The number of benzene rings is 2. The quantitative estimate of drug-likeness (QED) is 0.843. The second-order valence-electron chi connectivity index (χ2n) is 7.39. The lowest BCUT2D eigenvalue weighted by atomic mass is 9.88. The number of rotatable bonds is 3. The summed E-state index contributed by atoms with van der Waals surface area (Å²) < 4.78 is 42.7. The fourth-order valence-corrected chi connectivity index (χ4v) is 6.23. The first-order valence-electron chi connectivity index (χ1n) is 8.94. The minimum Gasteiger partial charge on any atom is -0.316 e. The Morgan fingerprint density at radius 1 is 1.11 bits per heavy atom. The molecule has 0 aliphatic carbocycles. The molecule has 0 amide bonds. The maximum absolute atomic E-state index is 14.4. The van der Waals surface area contributed by atoms with Gasteiger partial charge < -0.3 is 5.32 Å². The Bertz CT molecular complexity index is 951. The number of halogens is 2. The van der Waals surface area contributed by atoms with Crippen molar-refractivity contribution in [1.82, 2.24) is 9.62 Å². The molecule has 0 bridgehead atoms. The molecule has 1 N–H and O–H groups in total. The second-order valence-corrected chi connectivity index (χ2v) is 9.25. The van der Waals surface area contributed by atoms with Gasteiger partial charge in [-0.25, -0.2) is 12.8 Å². The maximum Gasteiger partial charge on any atom is 0.246 e. The fourth-order valence-electron chi connectivity index (χ4n) is 4.37. The SMILES string of the molecule is Cc1ccc(F)c(S(=O)(=O)N2C[C@@H]3CNC[C@@H]3[C@@H]2c2ccccc2C)c1.Cl. The third-order valence-corrected chi connectivity index (χ3v) is 7.57. The molecule has 146 valence electrons. The minimum absolute atomic E-state index is 0. The number of aryl methyl sites for hydroxylation is 2. The van der Waals surface area contributed by atoms with Crippen LogP contribution in [0.1, 0.15) is 22.7 Å². The summed E-state index contributed by atoms with van der Waals surface area (Å²) in [7, 11) is -3.92. The van der Waals surface area contributed by atoms with Crippen LogP contribution in [0.5, 0.6) is 0 Å². The van der Waals surface area contributed by atoms with Crippen LogP contribution < -0.4 is 5.32 Å². The predicted molar refractivity (Wildman–Crippen MR) is 106 cm³/mol. The highest BCUT2D eigenvalue weighted by atomic mass is 35.5. The van der Waals surface area contributed by atoms with Crippen LogP contribution in [0.15, 0.2) is 47.4 Å². The van der Waals surface area contributed by atoms with Gasteiger partial charge in [0.1, 0.15) is 10.7 Å². The van der Waals surface area contributed by atoms with Gasteiger partial charge in [-0.2, -0.15) is 4.31 Å². The van der Waals surface area contributed by atoms with Crippen LogP contribution in [0.4, 0.5) is 4.39 Å². The van der Waals surface area contributed by atoms with Gasteiger partial charge in [-0.05, 0) is 61.1 Å². The normalized spacial score (nSPS) is 25.2. The maximum atomic E-state index is 14.4. The van der Waals surface area contributed by atoms with E-state index in [0.29, 0.717) is 6.54 Å². The van der Waals surface area contributed by atoms with Crippen LogP contribution in [0.25, 0.3) is 0 Å². The third-order valence-electron chi connectivity index (χ3n) is 5.70. The van der Waals surface area contributed by atoms with E-state index < -0.39 is 15.8 Å². The van der Waals surface area contributed by atoms with Gasteiger partial charge in [0.15, 0.2) is 0 Å². The van der Waals surface area contributed by atoms with Crippen molar-refractivity contribution in [1.29, 1.82) is 0 Å². The van der Waals surface area contributed by atoms with Crippen molar-refractivity contribution in [2.45, 2.75) is 24.8 Å². The average molecular weight is 411 g/mol. The van der Waals surface area contributed by atoms with Crippen molar-refractivity contribution in [3.63, 3.8) is 0 Å². The monoisotopic (exact) mass is 410 g/mol. The average Bonchev–Trinajstić information content (AvgIpc) is 3.19. The molecule has 2 heterocycles. The van der Waals surface area contributed by atoms with Crippen LogP contribution in [0.2, 0.25) is 0 Å². The van der Waals surface area contributed by atoms with E-state index in [4.69, 9.17) is 0 Å². The van der Waals surface area contributed by atoms with Crippen molar-refractivity contribution < 1.29 is 12.8 Å². The predicted octanol–water partition coefficient (Wildman–Crippen LogP) is 3.45. The first-order valence-corrected chi connectivity index (χ1v) is 10.4. The molecule has 4 nitrogen and oxygen atoms in total. The summed E-state index contributed by atoms with van der Waals surface area (Å²) in [5, 5.41) is 3.38. The molecule has 2 aliphatic heterocycles. The van der Waals surface area contributed by atoms with Crippen LogP contribution in [0.3, 0.4) is 0 Å². The van der Waals surface area contributed by atoms with E-state index in [0.717, 1.165) is 29.8 Å². The molecule has 2 aliphatic rings. The van der Waals surface area contributed by atoms with Gasteiger partial charge in [-0.1, -0.05) is 30.3 Å². The number of fused-ring (bicyclic) bond motifs is 1. The standard InChI is InChI=1S/C20H23FN2O2S.ClH/c1-13-7-8-18(21)19(9-13)26(24,25)23-12-15-10-22-11-17(15)20(23)16-6-4-3-5-14(16)2;/h3-9,15,17,20,22H,10-12H2,1-2H3;1H/t15-,17-,20-;/m0./s1. The molecule has 0 spiro atoms. The molecule has 2 fully saturated rings. The molecule has 2 aromatic carbocycles. The summed E-state index contributed by atoms with van der Waals surface area (Å²) in [5.74, 6) is -0.227. The first kappa shape index (κ1) is 20.3. The zero-order valence-electron chi connectivity index (χ0n) is 15.4. The zero-order valence-corrected chi connectivity index (χ0v) is 17.0. The summed E-state index contributed by atoms with van der Waals surface area (Å²) in [6.45, 7) is 5.79. The number of nitrogens with one attached hydrogen (secondary N) is 1.